The highest BCUT2D eigenvalue weighted by Gasteiger charge is 1.99. The molecule has 0 atom stereocenters. The summed E-state index contributed by atoms with van der Waals surface area (Å²) in [5, 5.41) is 11.3. The second-order valence-electron chi connectivity index (χ2n) is 4.25. The van der Waals surface area contributed by atoms with Crippen LogP contribution in [0.5, 0.6) is 0 Å². The first-order valence-corrected chi connectivity index (χ1v) is 5.79. The minimum atomic E-state index is 0.751. The molecule has 1 aromatic carbocycles. The molecule has 2 aromatic rings. The summed E-state index contributed by atoms with van der Waals surface area (Å²) in [7, 11) is 0. The fourth-order valence-electron chi connectivity index (χ4n) is 1.80. The van der Waals surface area contributed by atoms with Crippen LogP contribution < -0.4 is 5.32 Å². The number of nitrogens with one attached hydrogen (secondary N) is 1. The lowest BCUT2D eigenvalue weighted by molar-refractivity contribution is 0.668. The number of hydrogen-bond acceptors (Lipinski definition) is 3. The van der Waals surface area contributed by atoms with Crippen LogP contribution >= 0.6 is 0 Å². The third-order valence-electron chi connectivity index (χ3n) is 2.75. The first kappa shape index (κ1) is 11.7. The molecule has 88 valence electrons. The second-order valence-corrected chi connectivity index (χ2v) is 4.25. The van der Waals surface area contributed by atoms with E-state index in [4.69, 9.17) is 0 Å². The van der Waals surface area contributed by atoms with Crippen LogP contribution in [0.15, 0.2) is 36.5 Å². The summed E-state index contributed by atoms with van der Waals surface area (Å²) in [5.41, 5.74) is 4.94. The van der Waals surface area contributed by atoms with Gasteiger partial charge < -0.3 is 5.32 Å². The topological polar surface area (TPSA) is 37.8 Å². The van der Waals surface area contributed by atoms with Crippen LogP contribution in [0.4, 0.5) is 0 Å². The lowest BCUT2D eigenvalue weighted by Gasteiger charge is -2.08. The third-order valence-corrected chi connectivity index (χ3v) is 2.75. The molecule has 0 saturated carbocycles. The van der Waals surface area contributed by atoms with E-state index in [1.54, 1.807) is 6.20 Å². The summed E-state index contributed by atoms with van der Waals surface area (Å²) in [6, 6.07) is 10.4. The Morgan fingerprint density at radius 2 is 2.00 bits per heavy atom. The normalized spacial score (nSPS) is 10.5. The van der Waals surface area contributed by atoms with E-state index < -0.39 is 0 Å². The van der Waals surface area contributed by atoms with Gasteiger partial charge in [0.1, 0.15) is 0 Å². The molecule has 0 aliphatic heterocycles. The largest absolute Gasteiger partial charge is 0.307 e. The lowest BCUT2D eigenvalue weighted by atomic mass is 10.1. The van der Waals surface area contributed by atoms with Crippen molar-refractivity contribution in [1.82, 2.24) is 15.5 Å². The minimum Gasteiger partial charge on any atom is -0.307 e. The standard InChI is InChI=1S/C14H17N3/c1-11-5-6-13(12(2)8-11)9-15-10-14-4-3-7-16-17-14/h3-8,15H,9-10H2,1-2H3. The Labute approximate surface area is 102 Å². The first-order valence-electron chi connectivity index (χ1n) is 5.79. The molecule has 2 rings (SSSR count). The predicted octanol–water partition coefficient (Wildman–Crippen LogP) is 2.38. The summed E-state index contributed by atoms with van der Waals surface area (Å²) in [6.07, 6.45) is 1.69. The van der Waals surface area contributed by atoms with E-state index in [0.29, 0.717) is 0 Å². The van der Waals surface area contributed by atoms with Crippen LogP contribution in [-0.4, -0.2) is 10.2 Å². The van der Waals surface area contributed by atoms with Crippen LogP contribution in [-0.2, 0) is 13.1 Å². The Morgan fingerprint density at radius 1 is 1.12 bits per heavy atom. The van der Waals surface area contributed by atoms with Gasteiger partial charge in [-0.25, -0.2) is 0 Å². The van der Waals surface area contributed by atoms with Gasteiger partial charge in [-0.05, 0) is 37.1 Å². The van der Waals surface area contributed by atoms with Gasteiger partial charge in [0, 0.05) is 19.3 Å². The van der Waals surface area contributed by atoms with Gasteiger partial charge in [-0.3, -0.25) is 0 Å². The van der Waals surface area contributed by atoms with Gasteiger partial charge >= 0.3 is 0 Å². The van der Waals surface area contributed by atoms with Gasteiger partial charge in [-0.15, -0.1) is 0 Å². The van der Waals surface area contributed by atoms with Crippen molar-refractivity contribution in [2.45, 2.75) is 26.9 Å². The van der Waals surface area contributed by atoms with Crippen molar-refractivity contribution in [2.75, 3.05) is 0 Å². The Morgan fingerprint density at radius 3 is 2.71 bits per heavy atom. The second kappa shape index (κ2) is 5.55. The molecule has 0 amide bonds. The number of hydrogen-bond donors (Lipinski definition) is 1. The number of nitrogens with zero attached hydrogens (tertiary/aromatic N) is 2. The molecule has 0 aliphatic rings. The van der Waals surface area contributed by atoms with Crippen LogP contribution in [0.1, 0.15) is 22.4 Å². The van der Waals surface area contributed by atoms with E-state index in [-0.39, 0.29) is 0 Å². The highest BCUT2D eigenvalue weighted by Crippen LogP contribution is 2.10. The molecule has 1 heterocycles. The molecular weight excluding hydrogens is 210 g/mol. The summed E-state index contributed by atoms with van der Waals surface area (Å²) in [6.45, 7) is 5.87. The van der Waals surface area contributed by atoms with E-state index in [1.807, 2.05) is 12.1 Å². The Bertz CT molecular complexity index is 480. The van der Waals surface area contributed by atoms with Crippen molar-refractivity contribution in [1.29, 1.82) is 0 Å². The summed E-state index contributed by atoms with van der Waals surface area (Å²) < 4.78 is 0. The zero-order chi connectivity index (χ0) is 12.1. The molecule has 1 aromatic heterocycles. The third kappa shape index (κ3) is 3.36. The molecule has 0 radical (unpaired) electrons. The van der Waals surface area contributed by atoms with E-state index in [2.05, 4.69) is 47.6 Å². The van der Waals surface area contributed by atoms with Crippen molar-refractivity contribution in [3.8, 4) is 0 Å². The molecule has 0 spiro atoms. The van der Waals surface area contributed by atoms with Gasteiger partial charge in [0.25, 0.3) is 0 Å². The maximum absolute atomic E-state index is 4.03. The molecule has 3 heteroatoms. The summed E-state index contributed by atoms with van der Waals surface area (Å²) in [5.74, 6) is 0. The molecule has 17 heavy (non-hydrogen) atoms. The molecule has 3 nitrogen and oxygen atoms in total. The lowest BCUT2D eigenvalue weighted by Crippen LogP contribution is -2.14. The van der Waals surface area contributed by atoms with E-state index in [0.717, 1.165) is 18.8 Å². The van der Waals surface area contributed by atoms with Crippen LogP contribution in [0.3, 0.4) is 0 Å². The number of benzene rings is 1. The zero-order valence-electron chi connectivity index (χ0n) is 10.3. The van der Waals surface area contributed by atoms with Gasteiger partial charge in [0.05, 0.1) is 5.69 Å². The summed E-state index contributed by atoms with van der Waals surface area (Å²) >= 11 is 0. The fraction of sp³-hybridized carbons (Fsp3) is 0.286. The molecule has 1 N–H and O–H groups in total. The zero-order valence-corrected chi connectivity index (χ0v) is 10.3. The number of aromatic nitrogens is 2. The van der Waals surface area contributed by atoms with Gasteiger partial charge in [0.15, 0.2) is 0 Å². The van der Waals surface area contributed by atoms with Crippen molar-refractivity contribution >= 4 is 0 Å². The van der Waals surface area contributed by atoms with E-state index in [9.17, 15) is 0 Å². The molecule has 0 saturated heterocycles. The maximum Gasteiger partial charge on any atom is 0.0769 e. The predicted molar refractivity (Wildman–Crippen MR) is 68.5 cm³/mol. The van der Waals surface area contributed by atoms with E-state index in [1.165, 1.54) is 16.7 Å². The fourth-order valence-corrected chi connectivity index (χ4v) is 1.80. The van der Waals surface area contributed by atoms with Crippen molar-refractivity contribution in [3.05, 3.63) is 58.9 Å². The number of rotatable bonds is 4. The smallest absolute Gasteiger partial charge is 0.0769 e. The highest BCUT2D eigenvalue weighted by molar-refractivity contribution is 5.30. The SMILES string of the molecule is Cc1ccc(CNCc2cccnn2)c(C)c1. The maximum atomic E-state index is 4.03. The van der Waals surface area contributed by atoms with Crippen molar-refractivity contribution < 1.29 is 0 Å². The molecule has 0 aliphatic carbocycles. The van der Waals surface area contributed by atoms with Crippen LogP contribution in [0, 0.1) is 13.8 Å². The molecular formula is C14H17N3. The van der Waals surface area contributed by atoms with Gasteiger partial charge in [0.2, 0.25) is 0 Å². The quantitative estimate of drug-likeness (QED) is 0.871. The van der Waals surface area contributed by atoms with Crippen LogP contribution in [0.2, 0.25) is 0 Å². The highest BCUT2D eigenvalue weighted by atomic mass is 15.1. The molecule has 0 fully saturated rings. The Kier molecular flexibility index (Phi) is 3.83. The van der Waals surface area contributed by atoms with Gasteiger partial charge in [-0.1, -0.05) is 23.8 Å². The van der Waals surface area contributed by atoms with Crippen molar-refractivity contribution in [2.24, 2.45) is 0 Å². The monoisotopic (exact) mass is 227 g/mol. The number of aryl methyl sites for hydroxylation is 2. The molecule has 0 unspecified atom stereocenters. The van der Waals surface area contributed by atoms with Gasteiger partial charge in [-0.2, -0.15) is 10.2 Å². The van der Waals surface area contributed by atoms with Crippen molar-refractivity contribution in [3.63, 3.8) is 0 Å². The van der Waals surface area contributed by atoms with Crippen LogP contribution in [0.25, 0.3) is 0 Å². The average Bonchev–Trinajstić information content (AvgIpc) is 2.33. The van der Waals surface area contributed by atoms with E-state index >= 15 is 0 Å². The Balaban J connectivity index is 1.90. The first-order chi connectivity index (χ1) is 8.25. The summed E-state index contributed by atoms with van der Waals surface area (Å²) in [4.78, 5) is 0. The minimum absolute atomic E-state index is 0.751. The molecule has 0 bridgehead atoms. The average molecular weight is 227 g/mol. The Hall–Kier alpha value is -1.74.